The van der Waals surface area contributed by atoms with Crippen LogP contribution in [-0.2, 0) is 0 Å². The lowest BCUT2D eigenvalue weighted by molar-refractivity contribution is 0.628. The van der Waals surface area contributed by atoms with Gasteiger partial charge in [0.05, 0.1) is 0 Å². The van der Waals surface area contributed by atoms with Gasteiger partial charge < -0.3 is 4.98 Å². The smallest absolute Gasteiger partial charge is 0.123 e. The Hall–Kier alpha value is -3.46. The van der Waals surface area contributed by atoms with Gasteiger partial charge in [0.25, 0.3) is 0 Å². The van der Waals surface area contributed by atoms with E-state index in [-0.39, 0.29) is 11.6 Å². The van der Waals surface area contributed by atoms with Crippen LogP contribution in [0.3, 0.4) is 0 Å². The summed E-state index contributed by atoms with van der Waals surface area (Å²) < 4.78 is 27.2. The Balaban J connectivity index is 1.71. The average Bonchev–Trinajstić information content (AvgIpc) is 3.05. The molecule has 0 fully saturated rings. The van der Waals surface area contributed by atoms with E-state index in [0.717, 1.165) is 44.1 Å². The number of aromatic nitrogens is 1. The zero-order chi connectivity index (χ0) is 18.4. The fraction of sp³-hybridized carbons (Fsp3) is 0. The van der Waals surface area contributed by atoms with E-state index in [1.165, 1.54) is 24.3 Å². The van der Waals surface area contributed by atoms with Crippen LogP contribution in [0.15, 0.2) is 84.9 Å². The number of halogens is 2. The summed E-state index contributed by atoms with van der Waals surface area (Å²) >= 11 is 0. The molecule has 3 heteroatoms. The van der Waals surface area contributed by atoms with Crippen molar-refractivity contribution in [2.75, 3.05) is 0 Å². The van der Waals surface area contributed by atoms with E-state index in [2.05, 4.69) is 17.1 Å². The molecule has 1 N–H and O–H groups in total. The molecule has 5 rings (SSSR count). The second-order valence-electron chi connectivity index (χ2n) is 6.67. The molecule has 0 aliphatic carbocycles. The van der Waals surface area contributed by atoms with E-state index in [9.17, 15) is 8.78 Å². The third-order valence-corrected chi connectivity index (χ3v) is 4.91. The van der Waals surface area contributed by atoms with Crippen molar-refractivity contribution < 1.29 is 8.78 Å². The van der Waals surface area contributed by atoms with Crippen LogP contribution >= 0.6 is 0 Å². The number of hydrogen-bond acceptors (Lipinski definition) is 0. The zero-order valence-corrected chi connectivity index (χ0v) is 14.3. The summed E-state index contributed by atoms with van der Waals surface area (Å²) in [4.78, 5) is 3.41. The van der Waals surface area contributed by atoms with E-state index >= 15 is 0 Å². The SMILES string of the molecule is Fc1cccc(-c2ccc3[nH]c4ccc(-c5cccc(F)c5)cc4c3c2)c1. The molecule has 0 atom stereocenters. The molecule has 0 amide bonds. The Kier molecular flexibility index (Phi) is 3.54. The Bertz CT molecular complexity index is 1200. The first kappa shape index (κ1) is 15.8. The lowest BCUT2D eigenvalue weighted by Gasteiger charge is -2.04. The normalized spacial score (nSPS) is 11.3. The Morgan fingerprint density at radius 1 is 0.481 bits per heavy atom. The average molecular weight is 355 g/mol. The lowest BCUT2D eigenvalue weighted by Crippen LogP contribution is -1.81. The summed E-state index contributed by atoms with van der Waals surface area (Å²) in [6.45, 7) is 0. The van der Waals surface area contributed by atoms with Gasteiger partial charge in [-0.2, -0.15) is 0 Å². The van der Waals surface area contributed by atoms with E-state index in [4.69, 9.17) is 0 Å². The standard InChI is InChI=1S/C24H15F2N/c25-19-5-1-3-15(11-19)17-7-9-23-21(13-17)22-14-18(8-10-24(22)27-23)16-4-2-6-20(26)12-16/h1-14,27H. The van der Waals surface area contributed by atoms with Crippen molar-refractivity contribution in [3.63, 3.8) is 0 Å². The van der Waals surface area contributed by atoms with Crippen LogP contribution in [0.5, 0.6) is 0 Å². The maximum Gasteiger partial charge on any atom is 0.123 e. The van der Waals surface area contributed by atoms with Gasteiger partial charge in [-0.15, -0.1) is 0 Å². The fourth-order valence-electron chi connectivity index (χ4n) is 3.59. The van der Waals surface area contributed by atoms with Crippen molar-refractivity contribution >= 4 is 21.8 Å². The van der Waals surface area contributed by atoms with Gasteiger partial charge in [0, 0.05) is 21.8 Å². The van der Waals surface area contributed by atoms with Crippen LogP contribution in [0.4, 0.5) is 8.78 Å². The fourth-order valence-corrected chi connectivity index (χ4v) is 3.59. The van der Waals surface area contributed by atoms with Crippen LogP contribution in [-0.4, -0.2) is 4.98 Å². The second kappa shape index (κ2) is 6.06. The van der Waals surface area contributed by atoms with Crippen molar-refractivity contribution in [3.05, 3.63) is 96.6 Å². The molecule has 0 unspecified atom stereocenters. The quantitative estimate of drug-likeness (QED) is 0.353. The van der Waals surface area contributed by atoms with Gasteiger partial charge in [-0.1, -0.05) is 36.4 Å². The maximum absolute atomic E-state index is 13.6. The minimum atomic E-state index is -0.250. The van der Waals surface area contributed by atoms with Gasteiger partial charge in [-0.3, -0.25) is 0 Å². The summed E-state index contributed by atoms with van der Waals surface area (Å²) in [5, 5.41) is 2.12. The maximum atomic E-state index is 13.6. The molecular formula is C24H15F2N. The van der Waals surface area contributed by atoms with E-state index in [1.54, 1.807) is 12.1 Å². The van der Waals surface area contributed by atoms with Gasteiger partial charge in [0.2, 0.25) is 0 Å². The molecule has 1 aromatic heterocycles. The Labute approximate surface area is 154 Å². The summed E-state index contributed by atoms with van der Waals surface area (Å²) in [5.74, 6) is -0.500. The summed E-state index contributed by atoms with van der Waals surface area (Å²) in [5.41, 5.74) is 5.63. The molecule has 5 aromatic rings. The number of H-pyrrole nitrogens is 1. The number of benzene rings is 4. The highest BCUT2D eigenvalue weighted by atomic mass is 19.1. The number of hydrogen-bond donors (Lipinski definition) is 1. The first-order valence-electron chi connectivity index (χ1n) is 8.75. The Morgan fingerprint density at radius 3 is 1.37 bits per heavy atom. The number of rotatable bonds is 2. The zero-order valence-electron chi connectivity index (χ0n) is 14.3. The van der Waals surface area contributed by atoms with Crippen LogP contribution in [0.1, 0.15) is 0 Å². The highest BCUT2D eigenvalue weighted by Crippen LogP contribution is 2.33. The third-order valence-electron chi connectivity index (χ3n) is 4.91. The summed E-state index contributed by atoms with van der Waals surface area (Å²) in [7, 11) is 0. The van der Waals surface area contributed by atoms with Gasteiger partial charge in [-0.25, -0.2) is 8.78 Å². The predicted molar refractivity (Wildman–Crippen MR) is 107 cm³/mol. The topological polar surface area (TPSA) is 15.8 Å². The van der Waals surface area contributed by atoms with E-state index in [1.807, 2.05) is 36.4 Å². The van der Waals surface area contributed by atoms with E-state index in [0.29, 0.717) is 0 Å². The lowest BCUT2D eigenvalue weighted by atomic mass is 10.0. The number of aromatic amines is 1. The van der Waals surface area contributed by atoms with Gasteiger partial charge in [0.1, 0.15) is 11.6 Å². The predicted octanol–water partition coefficient (Wildman–Crippen LogP) is 6.93. The molecule has 0 spiro atoms. The summed E-state index contributed by atoms with van der Waals surface area (Å²) in [6, 6.07) is 25.3. The molecular weight excluding hydrogens is 340 g/mol. The molecule has 1 nitrogen and oxygen atoms in total. The largest absolute Gasteiger partial charge is 0.355 e. The molecule has 130 valence electrons. The Morgan fingerprint density at radius 2 is 0.926 bits per heavy atom. The highest BCUT2D eigenvalue weighted by Gasteiger charge is 2.09. The molecule has 0 saturated carbocycles. The number of nitrogens with one attached hydrogen (secondary N) is 1. The molecule has 0 radical (unpaired) electrons. The van der Waals surface area contributed by atoms with Crippen LogP contribution in [0.2, 0.25) is 0 Å². The molecule has 4 aromatic carbocycles. The van der Waals surface area contributed by atoms with Gasteiger partial charge in [0.15, 0.2) is 0 Å². The van der Waals surface area contributed by atoms with Crippen LogP contribution in [0, 0.1) is 11.6 Å². The first-order valence-corrected chi connectivity index (χ1v) is 8.75. The van der Waals surface area contributed by atoms with Crippen molar-refractivity contribution in [1.29, 1.82) is 0 Å². The van der Waals surface area contributed by atoms with Crippen molar-refractivity contribution in [2.24, 2.45) is 0 Å². The van der Waals surface area contributed by atoms with E-state index < -0.39 is 0 Å². The third kappa shape index (κ3) is 2.77. The molecule has 0 aliphatic heterocycles. The van der Waals surface area contributed by atoms with Crippen LogP contribution < -0.4 is 0 Å². The molecule has 0 aliphatic rings. The van der Waals surface area contributed by atoms with Crippen molar-refractivity contribution in [2.45, 2.75) is 0 Å². The van der Waals surface area contributed by atoms with Crippen molar-refractivity contribution in [3.8, 4) is 22.3 Å². The molecule has 1 heterocycles. The van der Waals surface area contributed by atoms with Gasteiger partial charge in [-0.05, 0) is 70.8 Å². The molecule has 27 heavy (non-hydrogen) atoms. The summed E-state index contributed by atoms with van der Waals surface area (Å²) in [6.07, 6.45) is 0. The van der Waals surface area contributed by atoms with Gasteiger partial charge >= 0.3 is 0 Å². The molecule has 0 bridgehead atoms. The molecule has 0 saturated heterocycles. The minimum Gasteiger partial charge on any atom is -0.355 e. The second-order valence-corrected chi connectivity index (χ2v) is 6.67. The highest BCUT2D eigenvalue weighted by molar-refractivity contribution is 6.09. The number of fused-ring (bicyclic) bond motifs is 3. The monoisotopic (exact) mass is 355 g/mol. The van der Waals surface area contributed by atoms with Crippen molar-refractivity contribution in [1.82, 2.24) is 4.98 Å². The minimum absolute atomic E-state index is 0.250. The first-order chi connectivity index (χ1) is 13.2. The van der Waals surface area contributed by atoms with Crippen LogP contribution in [0.25, 0.3) is 44.1 Å².